The Morgan fingerprint density at radius 3 is 2.47 bits per heavy atom. The Hall–Kier alpha value is -3.45. The molecule has 1 atom stereocenters. The zero-order chi connectivity index (χ0) is 22.8. The van der Waals surface area contributed by atoms with E-state index in [9.17, 15) is 9.59 Å². The SMILES string of the molecule is CCc1ccc(N[C@H]2NC(=O)/C(=C/c3cc(C)n(-c4ccc(C(=O)O)cc4)c3C)S2)cc1. The van der Waals surface area contributed by atoms with E-state index in [1.165, 1.54) is 17.3 Å². The molecular formula is C25H25N3O3S. The van der Waals surface area contributed by atoms with E-state index in [0.717, 1.165) is 34.7 Å². The maximum atomic E-state index is 12.6. The molecule has 1 aromatic heterocycles. The van der Waals surface area contributed by atoms with E-state index in [1.807, 2.05) is 38.1 Å². The average Bonchev–Trinajstić information content (AvgIpc) is 3.26. The minimum absolute atomic E-state index is 0.103. The number of amides is 1. The van der Waals surface area contributed by atoms with Crippen LogP contribution in [0.1, 0.15) is 39.8 Å². The maximum Gasteiger partial charge on any atom is 0.335 e. The van der Waals surface area contributed by atoms with Gasteiger partial charge in [-0.3, -0.25) is 4.79 Å². The normalized spacial score (nSPS) is 16.9. The van der Waals surface area contributed by atoms with Crippen molar-refractivity contribution in [2.24, 2.45) is 0 Å². The number of nitrogens with zero attached hydrogens (tertiary/aromatic N) is 1. The topological polar surface area (TPSA) is 83.4 Å². The Balaban J connectivity index is 1.54. The van der Waals surface area contributed by atoms with Gasteiger partial charge in [0.25, 0.3) is 5.91 Å². The molecule has 1 fully saturated rings. The lowest BCUT2D eigenvalue weighted by molar-refractivity contribution is -0.116. The van der Waals surface area contributed by atoms with Gasteiger partial charge in [-0.05, 0) is 79.9 Å². The number of rotatable bonds is 6. The summed E-state index contributed by atoms with van der Waals surface area (Å²) in [5, 5.41) is 15.4. The van der Waals surface area contributed by atoms with Crippen LogP contribution in [-0.4, -0.2) is 27.0 Å². The summed E-state index contributed by atoms with van der Waals surface area (Å²) in [7, 11) is 0. The molecule has 3 N–H and O–H groups in total. The fraction of sp³-hybridized carbons (Fsp3) is 0.200. The first-order valence-corrected chi connectivity index (χ1v) is 11.3. The van der Waals surface area contributed by atoms with Crippen molar-refractivity contribution in [3.05, 3.63) is 87.6 Å². The summed E-state index contributed by atoms with van der Waals surface area (Å²) >= 11 is 1.46. The predicted octanol–water partition coefficient (Wildman–Crippen LogP) is 4.95. The molecular weight excluding hydrogens is 422 g/mol. The van der Waals surface area contributed by atoms with Gasteiger partial charge in [0, 0.05) is 22.8 Å². The Morgan fingerprint density at radius 1 is 1.16 bits per heavy atom. The van der Waals surface area contributed by atoms with Crippen molar-refractivity contribution < 1.29 is 14.7 Å². The molecule has 4 rings (SSSR count). The Labute approximate surface area is 191 Å². The molecule has 1 aliphatic heterocycles. The number of carbonyl (C=O) groups is 2. The second-order valence-electron chi connectivity index (χ2n) is 7.69. The average molecular weight is 448 g/mol. The van der Waals surface area contributed by atoms with Gasteiger partial charge in [-0.15, -0.1) is 0 Å². The molecule has 0 saturated carbocycles. The number of carbonyl (C=O) groups excluding carboxylic acids is 1. The van der Waals surface area contributed by atoms with Gasteiger partial charge < -0.3 is 20.3 Å². The third kappa shape index (κ3) is 4.43. The Morgan fingerprint density at radius 2 is 1.84 bits per heavy atom. The van der Waals surface area contributed by atoms with Crippen LogP contribution in [0.2, 0.25) is 0 Å². The molecule has 32 heavy (non-hydrogen) atoms. The molecule has 2 heterocycles. The highest BCUT2D eigenvalue weighted by molar-refractivity contribution is 8.05. The third-order valence-corrected chi connectivity index (χ3v) is 6.55. The van der Waals surface area contributed by atoms with Crippen molar-refractivity contribution in [1.82, 2.24) is 9.88 Å². The van der Waals surface area contributed by atoms with Gasteiger partial charge in [0.05, 0.1) is 10.5 Å². The van der Waals surface area contributed by atoms with Gasteiger partial charge in [0.15, 0.2) is 5.50 Å². The molecule has 0 aliphatic carbocycles. The first-order valence-electron chi connectivity index (χ1n) is 10.4. The fourth-order valence-electron chi connectivity index (χ4n) is 3.78. The summed E-state index contributed by atoms with van der Waals surface area (Å²) in [6, 6.07) is 17.0. The predicted molar refractivity (Wildman–Crippen MR) is 129 cm³/mol. The molecule has 0 unspecified atom stereocenters. The van der Waals surface area contributed by atoms with Gasteiger partial charge in [-0.25, -0.2) is 4.79 Å². The van der Waals surface area contributed by atoms with Crippen molar-refractivity contribution in [3.8, 4) is 5.69 Å². The van der Waals surface area contributed by atoms with E-state index < -0.39 is 5.97 Å². The zero-order valence-electron chi connectivity index (χ0n) is 18.2. The summed E-state index contributed by atoms with van der Waals surface area (Å²) in [6.45, 7) is 6.11. The summed E-state index contributed by atoms with van der Waals surface area (Å²) < 4.78 is 2.06. The summed E-state index contributed by atoms with van der Waals surface area (Å²) in [5.74, 6) is -1.05. The number of hydrogen-bond acceptors (Lipinski definition) is 4. The minimum atomic E-state index is -0.948. The highest BCUT2D eigenvalue weighted by atomic mass is 32.2. The lowest BCUT2D eigenvalue weighted by Crippen LogP contribution is -2.30. The van der Waals surface area contributed by atoms with Crippen LogP contribution in [0.15, 0.2) is 59.5 Å². The number of anilines is 1. The van der Waals surface area contributed by atoms with Crippen molar-refractivity contribution in [3.63, 3.8) is 0 Å². The molecule has 164 valence electrons. The molecule has 7 heteroatoms. The van der Waals surface area contributed by atoms with Crippen LogP contribution in [-0.2, 0) is 11.2 Å². The van der Waals surface area contributed by atoms with Crippen molar-refractivity contribution in [1.29, 1.82) is 0 Å². The van der Waals surface area contributed by atoms with Gasteiger partial charge >= 0.3 is 5.97 Å². The summed E-state index contributed by atoms with van der Waals surface area (Å²) in [5.41, 5.74) is 6.08. The monoisotopic (exact) mass is 447 g/mol. The van der Waals surface area contributed by atoms with Gasteiger partial charge in [-0.2, -0.15) is 0 Å². The molecule has 0 bridgehead atoms. The first-order chi connectivity index (χ1) is 15.4. The number of aryl methyl sites for hydroxylation is 2. The van der Waals surface area contributed by atoms with Crippen LogP contribution in [0.25, 0.3) is 11.8 Å². The largest absolute Gasteiger partial charge is 0.478 e. The van der Waals surface area contributed by atoms with Crippen molar-refractivity contribution in [2.45, 2.75) is 32.7 Å². The van der Waals surface area contributed by atoms with E-state index in [4.69, 9.17) is 5.11 Å². The van der Waals surface area contributed by atoms with Crippen LogP contribution in [0.3, 0.4) is 0 Å². The Kier molecular flexibility index (Phi) is 6.10. The number of hydrogen-bond donors (Lipinski definition) is 3. The third-order valence-electron chi connectivity index (χ3n) is 5.52. The number of nitrogens with one attached hydrogen (secondary N) is 2. The van der Waals surface area contributed by atoms with Crippen LogP contribution < -0.4 is 10.6 Å². The van der Waals surface area contributed by atoms with E-state index in [0.29, 0.717) is 4.91 Å². The number of thioether (sulfide) groups is 1. The molecule has 3 aromatic rings. The molecule has 1 amide bonds. The van der Waals surface area contributed by atoms with Crippen molar-refractivity contribution >= 4 is 35.4 Å². The van der Waals surface area contributed by atoms with Crippen LogP contribution >= 0.6 is 11.8 Å². The molecule has 1 aliphatic rings. The van der Waals surface area contributed by atoms with E-state index >= 15 is 0 Å². The van der Waals surface area contributed by atoms with E-state index in [2.05, 4.69) is 34.3 Å². The van der Waals surface area contributed by atoms with Gasteiger partial charge in [-0.1, -0.05) is 30.8 Å². The molecule has 0 radical (unpaired) electrons. The fourth-order valence-corrected chi connectivity index (χ4v) is 4.75. The second kappa shape index (κ2) is 8.96. The number of aromatic nitrogens is 1. The lowest BCUT2D eigenvalue weighted by atomic mass is 10.1. The molecule has 2 aromatic carbocycles. The molecule has 6 nitrogen and oxygen atoms in total. The number of carboxylic acid groups (broad SMARTS) is 1. The highest BCUT2D eigenvalue weighted by Gasteiger charge is 2.27. The van der Waals surface area contributed by atoms with Gasteiger partial charge in [0.1, 0.15) is 0 Å². The Bertz CT molecular complexity index is 1190. The second-order valence-corrected chi connectivity index (χ2v) is 8.84. The molecule has 1 saturated heterocycles. The maximum absolute atomic E-state index is 12.6. The molecule has 0 spiro atoms. The zero-order valence-corrected chi connectivity index (χ0v) is 19.0. The highest BCUT2D eigenvalue weighted by Crippen LogP contribution is 2.32. The summed E-state index contributed by atoms with van der Waals surface area (Å²) in [6.07, 6.45) is 2.90. The summed E-state index contributed by atoms with van der Waals surface area (Å²) in [4.78, 5) is 24.3. The number of aromatic carboxylic acids is 1. The standard InChI is InChI=1S/C25H25N3O3S/c1-4-17-5-9-20(10-6-17)26-25-27-23(29)22(32-25)14-19-13-15(2)28(16(19)3)21-11-7-18(8-12-21)24(30)31/h5-14,25-26H,4H2,1-3H3,(H,27,29)(H,30,31)/b22-14-/t25-/m0/s1. The quantitative estimate of drug-likeness (QED) is 0.466. The van der Waals surface area contributed by atoms with Crippen molar-refractivity contribution in [2.75, 3.05) is 5.32 Å². The van der Waals surface area contributed by atoms with Crippen LogP contribution in [0, 0.1) is 13.8 Å². The first kappa shape index (κ1) is 21.8. The van der Waals surface area contributed by atoms with E-state index in [1.54, 1.807) is 24.3 Å². The van der Waals surface area contributed by atoms with E-state index in [-0.39, 0.29) is 17.0 Å². The smallest absolute Gasteiger partial charge is 0.335 e. The van der Waals surface area contributed by atoms with Crippen LogP contribution in [0.4, 0.5) is 5.69 Å². The van der Waals surface area contributed by atoms with Crippen LogP contribution in [0.5, 0.6) is 0 Å². The number of benzene rings is 2. The van der Waals surface area contributed by atoms with Gasteiger partial charge in [0.2, 0.25) is 0 Å². The lowest BCUT2D eigenvalue weighted by Gasteiger charge is -2.12. The minimum Gasteiger partial charge on any atom is -0.478 e. The number of carboxylic acids is 1.